The third kappa shape index (κ3) is 2.44. The van der Waals surface area contributed by atoms with Gasteiger partial charge in [0.05, 0.1) is 14.1 Å². The summed E-state index contributed by atoms with van der Waals surface area (Å²) >= 11 is 0. The summed E-state index contributed by atoms with van der Waals surface area (Å²) < 4.78 is 5.20. The van der Waals surface area contributed by atoms with Crippen molar-refractivity contribution in [1.29, 1.82) is 0 Å². The summed E-state index contributed by atoms with van der Waals surface area (Å²) in [5, 5.41) is 1.47. The lowest BCUT2D eigenvalue weighted by atomic mass is 10.4. The number of amidine groups is 1. The number of hydrogen-bond acceptors (Lipinski definition) is 3. The molecule has 1 aromatic rings. The number of rotatable bonds is 3. The Morgan fingerprint density at radius 1 is 1.38 bits per heavy atom. The van der Waals surface area contributed by atoms with Crippen molar-refractivity contribution < 1.29 is 4.74 Å². The molecule has 0 bridgehead atoms. The Labute approximate surface area is 97.3 Å². The zero-order chi connectivity index (χ0) is 11.6. The highest BCUT2D eigenvalue weighted by Gasteiger charge is 2.29. The van der Waals surface area contributed by atoms with Gasteiger partial charge in [0, 0.05) is 0 Å². The second-order valence-electron chi connectivity index (χ2n) is 4.89. The molecular weight excluding hydrogens is 216 g/mol. The number of aliphatic imine (C=N–C) groups is 1. The molecule has 1 atom stereocenters. The second-order valence-corrected chi connectivity index (χ2v) is 9.64. The van der Waals surface area contributed by atoms with E-state index < -0.39 is 8.07 Å². The first-order valence-electron chi connectivity index (χ1n) is 5.59. The average Bonchev–Trinajstić information content (AvgIpc) is 2.64. The zero-order valence-corrected chi connectivity index (χ0v) is 10.8. The highest BCUT2D eigenvalue weighted by molar-refractivity contribution is 6.89. The molecule has 1 unspecified atom stereocenters. The zero-order valence-electron chi connectivity index (χ0n) is 9.81. The van der Waals surface area contributed by atoms with Crippen LogP contribution in [-0.2, 0) is 4.74 Å². The molecule has 1 aliphatic heterocycles. The maximum atomic E-state index is 5.53. The summed E-state index contributed by atoms with van der Waals surface area (Å²) in [6.07, 6.45) is 0. The number of ether oxygens (including phenoxy) is 1. The molecule has 0 radical (unpaired) electrons. The van der Waals surface area contributed by atoms with Crippen LogP contribution in [0.3, 0.4) is 0 Å². The molecule has 0 aliphatic carbocycles. The van der Waals surface area contributed by atoms with E-state index in [2.05, 4.69) is 48.4 Å². The largest absolute Gasteiger partial charge is 0.463 e. The summed E-state index contributed by atoms with van der Waals surface area (Å²) in [6.45, 7) is 5.38. The molecule has 2 N–H and O–H groups in total. The van der Waals surface area contributed by atoms with E-state index >= 15 is 0 Å². The van der Waals surface area contributed by atoms with Gasteiger partial charge in [-0.05, 0) is 6.04 Å². The summed E-state index contributed by atoms with van der Waals surface area (Å²) in [4.78, 5) is 4.31. The van der Waals surface area contributed by atoms with E-state index in [1.165, 1.54) is 5.19 Å². The van der Waals surface area contributed by atoms with E-state index in [1.54, 1.807) is 0 Å². The Hall–Kier alpha value is -1.29. The van der Waals surface area contributed by atoms with E-state index in [1.807, 2.05) is 0 Å². The first-order chi connectivity index (χ1) is 7.58. The van der Waals surface area contributed by atoms with Crippen molar-refractivity contribution in [3.05, 3.63) is 30.3 Å². The monoisotopic (exact) mass is 234 g/mol. The molecule has 0 saturated carbocycles. The van der Waals surface area contributed by atoms with Gasteiger partial charge in [-0.2, -0.15) is 0 Å². The minimum Gasteiger partial charge on any atom is -0.463 e. The van der Waals surface area contributed by atoms with Crippen molar-refractivity contribution in [2.24, 2.45) is 10.7 Å². The first-order valence-corrected chi connectivity index (χ1v) is 8.80. The Morgan fingerprint density at radius 2 is 2.06 bits per heavy atom. The maximum absolute atomic E-state index is 5.53. The number of benzene rings is 1. The van der Waals surface area contributed by atoms with Gasteiger partial charge in [-0.1, -0.05) is 48.6 Å². The van der Waals surface area contributed by atoms with E-state index in [0.29, 0.717) is 12.6 Å². The quantitative estimate of drug-likeness (QED) is 0.802. The third-order valence-electron chi connectivity index (χ3n) is 3.03. The lowest BCUT2D eigenvalue weighted by molar-refractivity contribution is 0.318. The van der Waals surface area contributed by atoms with Gasteiger partial charge in [0.2, 0.25) is 0 Å². The van der Waals surface area contributed by atoms with E-state index in [9.17, 15) is 0 Å². The number of nitrogens with zero attached hydrogens (tertiary/aromatic N) is 1. The van der Waals surface area contributed by atoms with E-state index in [-0.39, 0.29) is 6.04 Å². The standard InChI is InChI=1S/C12H18N2OSi/c1-16(2,11-6-4-3-5-7-11)9-10-8-15-12(13)14-10/h3-7,10H,8-9H2,1-2H3,(H2,13,14). The molecule has 0 spiro atoms. The van der Waals surface area contributed by atoms with Crippen LogP contribution in [0.4, 0.5) is 0 Å². The summed E-state index contributed by atoms with van der Waals surface area (Å²) in [6, 6.07) is 12.4. The van der Waals surface area contributed by atoms with Crippen LogP contribution in [-0.4, -0.2) is 26.7 Å². The van der Waals surface area contributed by atoms with Gasteiger partial charge in [-0.25, -0.2) is 4.99 Å². The van der Waals surface area contributed by atoms with Crippen molar-refractivity contribution in [2.75, 3.05) is 6.61 Å². The molecule has 0 fully saturated rings. The molecule has 2 rings (SSSR count). The Bertz CT molecular complexity index is 389. The minimum absolute atomic E-state index is 0.252. The van der Waals surface area contributed by atoms with Gasteiger partial charge in [0.25, 0.3) is 6.02 Å². The summed E-state index contributed by atoms with van der Waals surface area (Å²) in [5.74, 6) is 0. The smallest absolute Gasteiger partial charge is 0.282 e. The van der Waals surface area contributed by atoms with Crippen LogP contribution in [0.1, 0.15) is 0 Å². The van der Waals surface area contributed by atoms with Crippen molar-refractivity contribution >= 4 is 19.3 Å². The summed E-state index contributed by atoms with van der Waals surface area (Å²) in [7, 11) is -1.42. The molecule has 16 heavy (non-hydrogen) atoms. The molecule has 86 valence electrons. The van der Waals surface area contributed by atoms with Gasteiger partial charge < -0.3 is 10.5 Å². The average molecular weight is 234 g/mol. The number of hydrogen-bond donors (Lipinski definition) is 1. The molecule has 4 heteroatoms. The molecule has 1 aromatic carbocycles. The van der Waals surface area contributed by atoms with Crippen LogP contribution >= 0.6 is 0 Å². The fourth-order valence-electron chi connectivity index (χ4n) is 2.14. The van der Waals surface area contributed by atoms with Crippen LogP contribution in [0.15, 0.2) is 35.3 Å². The van der Waals surface area contributed by atoms with Gasteiger partial charge in [-0.15, -0.1) is 0 Å². The van der Waals surface area contributed by atoms with Gasteiger partial charge in [0.15, 0.2) is 0 Å². The SMILES string of the molecule is C[Si](C)(CC1COC(N)=N1)c1ccccc1. The van der Waals surface area contributed by atoms with Crippen molar-refractivity contribution in [3.63, 3.8) is 0 Å². The topological polar surface area (TPSA) is 47.6 Å². The van der Waals surface area contributed by atoms with Crippen LogP contribution in [0, 0.1) is 0 Å². The van der Waals surface area contributed by atoms with E-state index in [4.69, 9.17) is 10.5 Å². The fourth-order valence-corrected chi connectivity index (χ4v) is 4.85. The highest BCUT2D eigenvalue weighted by Crippen LogP contribution is 2.17. The normalized spacial score (nSPS) is 20.4. The van der Waals surface area contributed by atoms with Gasteiger partial charge in [0.1, 0.15) is 6.61 Å². The number of nitrogens with two attached hydrogens (primary N) is 1. The molecular formula is C12H18N2OSi. The molecule has 3 nitrogen and oxygen atoms in total. The molecule has 0 amide bonds. The third-order valence-corrected chi connectivity index (χ3v) is 6.42. The predicted molar refractivity (Wildman–Crippen MR) is 69.7 cm³/mol. The molecule has 0 aromatic heterocycles. The maximum Gasteiger partial charge on any atom is 0.282 e. The van der Waals surface area contributed by atoms with Crippen molar-refractivity contribution in [1.82, 2.24) is 0 Å². The van der Waals surface area contributed by atoms with Gasteiger partial charge in [-0.3, -0.25) is 0 Å². The van der Waals surface area contributed by atoms with Crippen molar-refractivity contribution in [2.45, 2.75) is 25.2 Å². The van der Waals surface area contributed by atoms with Crippen LogP contribution in [0.2, 0.25) is 19.1 Å². The predicted octanol–water partition coefficient (Wildman–Crippen LogP) is 1.32. The lowest BCUT2D eigenvalue weighted by Crippen LogP contribution is -2.43. The molecule has 1 aliphatic rings. The minimum atomic E-state index is -1.42. The highest BCUT2D eigenvalue weighted by atomic mass is 28.3. The molecule has 0 saturated heterocycles. The molecule has 1 heterocycles. The fraction of sp³-hybridized carbons (Fsp3) is 0.417. The second kappa shape index (κ2) is 4.29. The van der Waals surface area contributed by atoms with Gasteiger partial charge >= 0.3 is 0 Å². The Kier molecular flexibility index (Phi) is 3.00. The van der Waals surface area contributed by atoms with Crippen LogP contribution in [0.25, 0.3) is 0 Å². The first kappa shape index (κ1) is 11.2. The lowest BCUT2D eigenvalue weighted by Gasteiger charge is -2.24. The van der Waals surface area contributed by atoms with Crippen molar-refractivity contribution in [3.8, 4) is 0 Å². The van der Waals surface area contributed by atoms with Crippen LogP contribution in [0.5, 0.6) is 0 Å². The van der Waals surface area contributed by atoms with E-state index in [0.717, 1.165) is 6.04 Å². The summed E-state index contributed by atoms with van der Waals surface area (Å²) in [5.41, 5.74) is 5.53. The Morgan fingerprint density at radius 3 is 2.62 bits per heavy atom. The van der Waals surface area contributed by atoms with Crippen LogP contribution < -0.4 is 10.9 Å². The Balaban J connectivity index is 2.09.